The van der Waals surface area contributed by atoms with E-state index in [0.29, 0.717) is 18.8 Å². The molecule has 1 saturated heterocycles. The number of aliphatic hydroxyl groups is 1. The van der Waals surface area contributed by atoms with E-state index in [4.69, 9.17) is 4.52 Å². The fourth-order valence-corrected chi connectivity index (χ4v) is 4.25. The maximum absolute atomic E-state index is 12.5. The zero-order valence-corrected chi connectivity index (χ0v) is 14.3. The number of thiophene rings is 1. The monoisotopic (exact) mass is 334 g/mol. The van der Waals surface area contributed by atoms with Crippen LogP contribution >= 0.6 is 11.3 Å². The average molecular weight is 334 g/mol. The number of amides is 1. The van der Waals surface area contributed by atoms with Crippen LogP contribution in [0.2, 0.25) is 0 Å². The summed E-state index contributed by atoms with van der Waals surface area (Å²) in [7, 11) is 0. The molecular weight excluding hydrogens is 312 g/mol. The zero-order valence-electron chi connectivity index (χ0n) is 13.5. The van der Waals surface area contributed by atoms with Gasteiger partial charge in [-0.25, -0.2) is 0 Å². The average Bonchev–Trinajstić information content (AvgIpc) is 3.16. The molecule has 0 unspecified atom stereocenters. The van der Waals surface area contributed by atoms with Crippen molar-refractivity contribution in [2.45, 2.75) is 45.1 Å². The Bertz CT molecular complexity index is 679. The molecule has 2 atom stereocenters. The highest BCUT2D eigenvalue weighted by molar-refractivity contribution is 7.10. The van der Waals surface area contributed by atoms with Gasteiger partial charge in [-0.15, -0.1) is 11.3 Å². The van der Waals surface area contributed by atoms with E-state index in [1.165, 1.54) is 10.4 Å². The minimum absolute atomic E-state index is 0.118. The van der Waals surface area contributed by atoms with E-state index in [-0.39, 0.29) is 11.8 Å². The lowest BCUT2D eigenvalue weighted by Gasteiger charge is -2.35. The van der Waals surface area contributed by atoms with E-state index in [1.807, 2.05) is 0 Å². The van der Waals surface area contributed by atoms with Crippen LogP contribution in [0.25, 0.3) is 0 Å². The number of β-amino-alcohol motifs (C(OH)–C–C–N with tert-alkyl or cyclic N) is 1. The third-order valence-electron chi connectivity index (χ3n) is 4.38. The molecule has 1 aliphatic heterocycles. The molecule has 0 saturated carbocycles. The molecule has 6 heteroatoms. The second kappa shape index (κ2) is 6.84. The molecule has 3 rings (SSSR count). The standard InChI is InChI=1S/C17H22N2O3S/c1-3-4-12-9-14(18-22-12)17(21)19-7-5-13(15(20)10-19)16-11(2)6-8-23-16/h6,8-9,13,15,20H,3-5,7,10H2,1-2H3/t13-,15-/m0/s1. The summed E-state index contributed by atoms with van der Waals surface area (Å²) in [5.41, 5.74) is 1.56. The smallest absolute Gasteiger partial charge is 0.276 e. The summed E-state index contributed by atoms with van der Waals surface area (Å²) in [6.07, 6.45) is 1.97. The number of carbonyl (C=O) groups excluding carboxylic acids is 1. The van der Waals surface area contributed by atoms with Crippen molar-refractivity contribution in [2.24, 2.45) is 0 Å². The van der Waals surface area contributed by atoms with E-state index in [1.54, 1.807) is 22.3 Å². The minimum Gasteiger partial charge on any atom is -0.391 e. The highest BCUT2D eigenvalue weighted by Gasteiger charge is 2.33. The second-order valence-corrected chi connectivity index (χ2v) is 7.06. The molecule has 0 aromatic carbocycles. The number of likely N-dealkylation sites (tertiary alicyclic amines) is 1. The number of aromatic nitrogens is 1. The van der Waals surface area contributed by atoms with E-state index < -0.39 is 6.10 Å². The lowest BCUT2D eigenvalue weighted by molar-refractivity contribution is 0.0379. The third-order valence-corrected chi connectivity index (χ3v) is 5.53. The van der Waals surface area contributed by atoms with Crippen LogP contribution in [-0.2, 0) is 6.42 Å². The number of hydrogen-bond donors (Lipinski definition) is 1. The number of hydrogen-bond acceptors (Lipinski definition) is 5. The molecular formula is C17H22N2O3S. The molecule has 2 aromatic heterocycles. The Morgan fingerprint density at radius 2 is 2.39 bits per heavy atom. The summed E-state index contributed by atoms with van der Waals surface area (Å²) in [6.45, 7) is 5.10. The molecule has 0 radical (unpaired) electrons. The SMILES string of the molecule is CCCc1cc(C(=O)N2CC[C@H](c3sccc3C)[C@@H](O)C2)no1. The van der Waals surface area contributed by atoms with Gasteiger partial charge in [-0.05, 0) is 36.8 Å². The van der Waals surface area contributed by atoms with Crippen LogP contribution in [0.1, 0.15) is 52.4 Å². The van der Waals surface area contributed by atoms with Gasteiger partial charge in [-0.1, -0.05) is 12.1 Å². The summed E-state index contributed by atoms with van der Waals surface area (Å²) in [5.74, 6) is 0.698. The molecule has 1 amide bonds. The topological polar surface area (TPSA) is 66.6 Å². The quantitative estimate of drug-likeness (QED) is 0.933. The van der Waals surface area contributed by atoms with Crippen LogP contribution in [-0.4, -0.2) is 40.3 Å². The zero-order chi connectivity index (χ0) is 16.4. The van der Waals surface area contributed by atoms with Crippen LogP contribution in [0.5, 0.6) is 0 Å². The second-order valence-electron chi connectivity index (χ2n) is 6.11. The molecule has 1 aliphatic rings. The molecule has 124 valence electrons. The van der Waals surface area contributed by atoms with Gasteiger partial charge >= 0.3 is 0 Å². The Labute approximate surface area is 139 Å². The summed E-state index contributed by atoms with van der Waals surface area (Å²) in [4.78, 5) is 15.4. The first-order chi connectivity index (χ1) is 11.1. The molecule has 5 nitrogen and oxygen atoms in total. The van der Waals surface area contributed by atoms with Gasteiger partial charge < -0.3 is 14.5 Å². The van der Waals surface area contributed by atoms with E-state index in [2.05, 4.69) is 30.5 Å². The predicted molar refractivity (Wildman–Crippen MR) is 88.8 cm³/mol. The summed E-state index contributed by atoms with van der Waals surface area (Å²) < 4.78 is 5.18. The van der Waals surface area contributed by atoms with Gasteiger partial charge in [0.1, 0.15) is 5.76 Å². The van der Waals surface area contributed by atoms with Crippen molar-refractivity contribution in [2.75, 3.05) is 13.1 Å². The van der Waals surface area contributed by atoms with Crippen molar-refractivity contribution in [3.63, 3.8) is 0 Å². The van der Waals surface area contributed by atoms with Crippen LogP contribution in [0.4, 0.5) is 0 Å². The number of nitrogens with zero attached hydrogens (tertiary/aromatic N) is 2. The molecule has 1 N–H and O–H groups in total. The van der Waals surface area contributed by atoms with Crippen LogP contribution in [0.3, 0.4) is 0 Å². The third kappa shape index (κ3) is 3.33. The predicted octanol–water partition coefficient (Wildman–Crippen LogP) is 2.99. The molecule has 1 fully saturated rings. The van der Waals surface area contributed by atoms with E-state index >= 15 is 0 Å². The van der Waals surface area contributed by atoms with Gasteiger partial charge in [0, 0.05) is 36.4 Å². The minimum atomic E-state index is -0.535. The fraction of sp³-hybridized carbons (Fsp3) is 0.529. The maximum atomic E-state index is 12.5. The molecule has 23 heavy (non-hydrogen) atoms. The normalized spacial score (nSPS) is 21.6. The van der Waals surface area contributed by atoms with Crippen molar-refractivity contribution in [1.82, 2.24) is 10.1 Å². The number of piperidine rings is 1. The van der Waals surface area contributed by atoms with Crippen molar-refractivity contribution < 1.29 is 14.4 Å². The van der Waals surface area contributed by atoms with Gasteiger partial charge in [-0.2, -0.15) is 0 Å². The maximum Gasteiger partial charge on any atom is 0.276 e. The van der Waals surface area contributed by atoms with Crippen LogP contribution < -0.4 is 0 Å². The molecule has 0 bridgehead atoms. The fourth-order valence-electron chi connectivity index (χ4n) is 3.13. The first-order valence-electron chi connectivity index (χ1n) is 8.07. The Hall–Kier alpha value is -1.66. The first kappa shape index (κ1) is 16.2. The Balaban J connectivity index is 1.67. The van der Waals surface area contributed by atoms with Gasteiger partial charge in [0.15, 0.2) is 5.69 Å². The van der Waals surface area contributed by atoms with Crippen molar-refractivity contribution in [3.8, 4) is 0 Å². The number of carbonyl (C=O) groups is 1. The largest absolute Gasteiger partial charge is 0.391 e. The van der Waals surface area contributed by atoms with Gasteiger partial charge in [0.05, 0.1) is 6.10 Å². The Morgan fingerprint density at radius 3 is 3.04 bits per heavy atom. The highest BCUT2D eigenvalue weighted by atomic mass is 32.1. The van der Waals surface area contributed by atoms with Gasteiger partial charge in [-0.3, -0.25) is 4.79 Å². The van der Waals surface area contributed by atoms with Gasteiger partial charge in [0.25, 0.3) is 5.91 Å². The van der Waals surface area contributed by atoms with Crippen LogP contribution in [0, 0.1) is 6.92 Å². The molecule has 0 aliphatic carbocycles. The number of aryl methyl sites for hydroxylation is 2. The Kier molecular flexibility index (Phi) is 4.82. The van der Waals surface area contributed by atoms with Crippen molar-refractivity contribution >= 4 is 17.2 Å². The van der Waals surface area contributed by atoms with E-state index in [9.17, 15) is 9.90 Å². The summed E-state index contributed by atoms with van der Waals surface area (Å²) in [6, 6.07) is 3.79. The molecule has 2 aromatic rings. The van der Waals surface area contributed by atoms with E-state index in [0.717, 1.165) is 25.0 Å². The van der Waals surface area contributed by atoms with Gasteiger partial charge in [0.2, 0.25) is 0 Å². The Morgan fingerprint density at radius 1 is 1.57 bits per heavy atom. The highest BCUT2D eigenvalue weighted by Crippen LogP contribution is 2.34. The molecule has 3 heterocycles. The van der Waals surface area contributed by atoms with Crippen molar-refractivity contribution in [1.29, 1.82) is 0 Å². The lowest BCUT2D eigenvalue weighted by atomic mass is 9.90. The number of rotatable bonds is 4. The number of aliphatic hydroxyl groups excluding tert-OH is 1. The van der Waals surface area contributed by atoms with Crippen LogP contribution in [0.15, 0.2) is 22.0 Å². The van der Waals surface area contributed by atoms with Crippen molar-refractivity contribution in [3.05, 3.63) is 39.4 Å². The summed E-state index contributed by atoms with van der Waals surface area (Å²) >= 11 is 1.68. The molecule has 0 spiro atoms. The summed E-state index contributed by atoms with van der Waals surface area (Å²) in [5, 5.41) is 16.4. The lowest BCUT2D eigenvalue weighted by Crippen LogP contribution is -2.45. The first-order valence-corrected chi connectivity index (χ1v) is 8.95.